The maximum atomic E-state index is 16.6. The smallest absolute Gasteiger partial charge is 0.319 e. The van der Waals surface area contributed by atoms with Crippen molar-refractivity contribution in [3.05, 3.63) is 53.8 Å². The highest BCUT2D eigenvalue weighted by Gasteiger charge is 2.49. The highest BCUT2D eigenvalue weighted by atomic mass is 32.2. The lowest BCUT2D eigenvalue weighted by molar-refractivity contribution is 0.107. The van der Waals surface area contributed by atoms with Crippen LogP contribution in [-0.4, -0.2) is 75.0 Å². The molecule has 2 unspecified atom stereocenters. The Labute approximate surface area is 250 Å². The number of aromatic nitrogens is 2. The number of hydrogen-bond acceptors (Lipinski definition) is 7. The Morgan fingerprint density at radius 3 is 2.60 bits per heavy atom. The van der Waals surface area contributed by atoms with Crippen LogP contribution in [0.25, 0.3) is 32.8 Å². The topological polar surface area (TPSA) is 61.7 Å². The molecule has 4 aliphatic heterocycles. The fraction of sp³-hybridized carbons (Fsp3) is 0.438. The molecule has 43 heavy (non-hydrogen) atoms. The molecule has 1 N–H and O–H groups in total. The summed E-state index contributed by atoms with van der Waals surface area (Å²) in [4.78, 5) is 13.6. The minimum Gasteiger partial charge on any atom is -0.508 e. The Morgan fingerprint density at radius 1 is 0.977 bits per heavy atom. The number of phenolic OH excluding ortho intramolecular Hbond substituents is 1. The van der Waals surface area contributed by atoms with Crippen LogP contribution in [-0.2, 0) is 0 Å². The van der Waals surface area contributed by atoms with Crippen molar-refractivity contribution in [1.82, 2.24) is 14.9 Å². The Balaban J connectivity index is 1.26. The van der Waals surface area contributed by atoms with Gasteiger partial charge < -0.3 is 14.7 Å². The van der Waals surface area contributed by atoms with Crippen molar-refractivity contribution < 1.29 is 27.4 Å². The number of nitrogens with zero attached hydrogens (tertiary/aromatic N) is 4. The van der Waals surface area contributed by atoms with Gasteiger partial charge in [-0.05, 0) is 67.4 Å². The second kappa shape index (κ2) is 10.1. The number of alkyl halides is 1. The van der Waals surface area contributed by atoms with E-state index in [1.54, 1.807) is 6.07 Å². The number of benzene rings is 3. The Morgan fingerprint density at radius 2 is 1.79 bits per heavy atom. The average molecular weight is 611 g/mol. The fourth-order valence-electron chi connectivity index (χ4n) is 7.67. The minimum absolute atomic E-state index is 0.00523. The molecule has 0 radical (unpaired) electrons. The van der Waals surface area contributed by atoms with E-state index in [-0.39, 0.29) is 45.8 Å². The van der Waals surface area contributed by atoms with E-state index in [9.17, 15) is 13.9 Å². The molecule has 0 amide bonds. The molecular formula is C32H30F4N4O2S. The summed E-state index contributed by atoms with van der Waals surface area (Å²) >= 11 is 1.98. The van der Waals surface area contributed by atoms with Crippen molar-refractivity contribution in [2.45, 2.75) is 54.3 Å². The molecule has 0 aliphatic carbocycles. The molecule has 1 aromatic heterocycles. The van der Waals surface area contributed by atoms with Crippen LogP contribution in [0.15, 0.2) is 36.4 Å². The molecule has 3 aromatic carbocycles. The molecule has 4 aromatic rings. The summed E-state index contributed by atoms with van der Waals surface area (Å²) < 4.78 is 66.6. The summed E-state index contributed by atoms with van der Waals surface area (Å²) in [7, 11) is 0. The van der Waals surface area contributed by atoms with Crippen molar-refractivity contribution >= 4 is 39.3 Å². The quantitative estimate of drug-likeness (QED) is 0.255. The van der Waals surface area contributed by atoms with Crippen molar-refractivity contribution in [3.8, 4) is 22.9 Å². The van der Waals surface area contributed by atoms with Crippen LogP contribution in [0.1, 0.15) is 32.1 Å². The number of anilines is 1. The largest absolute Gasteiger partial charge is 0.508 e. The van der Waals surface area contributed by atoms with Gasteiger partial charge in [0.25, 0.3) is 0 Å². The normalized spacial score (nSPS) is 27.0. The van der Waals surface area contributed by atoms with Gasteiger partial charge in [0, 0.05) is 52.9 Å². The molecule has 8 rings (SSSR count). The first-order valence-corrected chi connectivity index (χ1v) is 15.8. The SMILES string of the molecule is Oc1cc(-c2ccc3c(N4CC5CCC(C4)S5)nc(OC[C@@]45CCCN4C[C@H](F)C5)nc3c2F)c2c(F)c(F)ccc2c1. The predicted octanol–water partition coefficient (Wildman–Crippen LogP) is 6.61. The molecule has 6 nitrogen and oxygen atoms in total. The standard InChI is InChI=1S/C32H30F4N4O2S/c33-18-12-32(8-1-9-40(32)13-18)16-42-31-37-29-23(30(38-31)39-14-20-3-4-21(15-39)43-20)6-5-22(27(29)35)24-11-19(41)10-17-2-7-25(34)28(36)26(17)24/h2,5-7,10-11,18,20-21,41H,1,3-4,8-9,12-16H2/t18-,20?,21?,32+/m1/s1. The van der Waals surface area contributed by atoms with Gasteiger partial charge in [-0.25, -0.2) is 17.6 Å². The Bertz CT molecular complexity index is 1760. The van der Waals surface area contributed by atoms with Crippen molar-refractivity contribution in [1.29, 1.82) is 0 Å². The van der Waals surface area contributed by atoms with Crippen LogP contribution >= 0.6 is 11.8 Å². The molecule has 4 saturated heterocycles. The van der Waals surface area contributed by atoms with E-state index in [0.29, 0.717) is 34.7 Å². The summed E-state index contributed by atoms with van der Waals surface area (Å²) in [5, 5.41) is 11.9. The van der Waals surface area contributed by atoms with Crippen molar-refractivity contribution in [2.24, 2.45) is 0 Å². The summed E-state index contributed by atoms with van der Waals surface area (Å²) in [6.45, 7) is 2.92. The number of thioether (sulfide) groups is 1. The highest BCUT2D eigenvalue weighted by Crippen LogP contribution is 2.44. The van der Waals surface area contributed by atoms with Crippen molar-refractivity contribution in [3.63, 3.8) is 0 Å². The van der Waals surface area contributed by atoms with E-state index in [1.807, 2.05) is 11.8 Å². The number of rotatable bonds is 5. The van der Waals surface area contributed by atoms with Crippen LogP contribution in [0.4, 0.5) is 23.4 Å². The summed E-state index contributed by atoms with van der Waals surface area (Å²) in [6.07, 6.45) is 3.47. The van der Waals surface area contributed by atoms with E-state index < -0.39 is 29.2 Å². The van der Waals surface area contributed by atoms with Crippen LogP contribution in [0, 0.1) is 17.5 Å². The van der Waals surface area contributed by atoms with E-state index in [1.165, 1.54) is 24.3 Å². The fourth-order valence-corrected chi connectivity index (χ4v) is 9.29. The summed E-state index contributed by atoms with van der Waals surface area (Å²) in [6, 6.07) is 8.08. The third-order valence-corrected chi connectivity index (χ3v) is 11.2. The lowest BCUT2D eigenvalue weighted by Gasteiger charge is -2.33. The maximum absolute atomic E-state index is 16.6. The predicted molar refractivity (Wildman–Crippen MR) is 159 cm³/mol. The number of halogens is 4. The first kappa shape index (κ1) is 27.3. The van der Waals surface area contributed by atoms with Gasteiger partial charge in [-0.3, -0.25) is 4.90 Å². The van der Waals surface area contributed by atoms with Gasteiger partial charge in [0.1, 0.15) is 29.9 Å². The number of hydrogen-bond donors (Lipinski definition) is 1. The van der Waals surface area contributed by atoms with E-state index in [4.69, 9.17) is 9.72 Å². The van der Waals surface area contributed by atoms with Crippen LogP contribution in [0.5, 0.6) is 11.8 Å². The first-order chi connectivity index (χ1) is 20.8. The van der Waals surface area contributed by atoms with Crippen LogP contribution in [0.3, 0.4) is 0 Å². The lowest BCUT2D eigenvalue weighted by atomic mass is 9.95. The number of ether oxygens (including phenoxy) is 1. The molecule has 4 atom stereocenters. The van der Waals surface area contributed by atoms with Gasteiger partial charge in [0.2, 0.25) is 0 Å². The number of aromatic hydroxyl groups is 1. The zero-order valence-corrected chi connectivity index (χ0v) is 24.1. The molecule has 4 aliphatic rings. The van der Waals surface area contributed by atoms with E-state index in [2.05, 4.69) is 14.8 Å². The Kier molecular flexibility index (Phi) is 6.41. The summed E-state index contributed by atoms with van der Waals surface area (Å²) in [5.74, 6) is -2.58. The molecule has 11 heteroatoms. The molecule has 0 saturated carbocycles. The number of phenols is 1. The third-order valence-electron chi connectivity index (χ3n) is 9.62. The number of fused-ring (bicyclic) bond motifs is 5. The van der Waals surface area contributed by atoms with Crippen LogP contribution < -0.4 is 9.64 Å². The zero-order valence-electron chi connectivity index (χ0n) is 23.3. The molecular weight excluding hydrogens is 580 g/mol. The average Bonchev–Trinajstić information content (AvgIpc) is 3.63. The second-order valence-electron chi connectivity index (χ2n) is 12.3. The monoisotopic (exact) mass is 610 g/mol. The minimum atomic E-state index is -1.12. The second-order valence-corrected chi connectivity index (χ2v) is 13.9. The molecule has 4 fully saturated rings. The highest BCUT2D eigenvalue weighted by molar-refractivity contribution is 8.00. The Hall–Kier alpha value is -3.31. The van der Waals surface area contributed by atoms with Gasteiger partial charge in [0.05, 0.1) is 5.54 Å². The maximum Gasteiger partial charge on any atom is 0.319 e. The van der Waals surface area contributed by atoms with Crippen LogP contribution in [0.2, 0.25) is 0 Å². The molecule has 224 valence electrons. The van der Waals surface area contributed by atoms with Gasteiger partial charge in [-0.1, -0.05) is 12.1 Å². The van der Waals surface area contributed by atoms with E-state index in [0.717, 1.165) is 51.4 Å². The van der Waals surface area contributed by atoms with E-state index >= 15 is 8.78 Å². The lowest BCUT2D eigenvalue weighted by Crippen LogP contribution is -2.43. The third kappa shape index (κ3) is 4.49. The van der Waals surface area contributed by atoms with Gasteiger partial charge in [0.15, 0.2) is 17.5 Å². The first-order valence-electron chi connectivity index (χ1n) is 14.8. The summed E-state index contributed by atoms with van der Waals surface area (Å²) in [5.41, 5.74) is -0.449. The molecule has 5 heterocycles. The van der Waals surface area contributed by atoms with Gasteiger partial charge in [-0.15, -0.1) is 0 Å². The molecule has 0 spiro atoms. The van der Waals surface area contributed by atoms with Gasteiger partial charge >= 0.3 is 6.01 Å². The molecule has 2 bridgehead atoms. The van der Waals surface area contributed by atoms with Crippen molar-refractivity contribution in [2.75, 3.05) is 37.7 Å². The van der Waals surface area contributed by atoms with Gasteiger partial charge in [-0.2, -0.15) is 21.7 Å². The zero-order chi connectivity index (χ0) is 29.5.